The number of halogens is 1. The zero-order valence-electron chi connectivity index (χ0n) is 15.3. The third-order valence-corrected chi connectivity index (χ3v) is 5.02. The van der Waals surface area contributed by atoms with Crippen LogP contribution in [-0.2, 0) is 15.1 Å². The van der Waals surface area contributed by atoms with Crippen molar-refractivity contribution in [1.82, 2.24) is 0 Å². The first-order valence-electron chi connectivity index (χ1n) is 8.82. The van der Waals surface area contributed by atoms with Crippen molar-refractivity contribution < 1.29 is 34.4 Å². The Morgan fingerprint density at radius 3 is 1.97 bits per heavy atom. The molecule has 0 bridgehead atoms. The molecule has 0 amide bonds. The van der Waals surface area contributed by atoms with Crippen molar-refractivity contribution in [2.24, 2.45) is 0 Å². The Kier molecular flexibility index (Phi) is 4.75. The average Bonchev–Trinajstić information content (AvgIpc) is 3.01. The number of aliphatic carboxylic acids is 1. The standard InChI is InChI=1S/C20H12O5.C2H3ClO2/c21-11-5-7-15-17(9-11)24-18-10-12(22)6-8-16(18)20(15)14-4-2-1-3-13(14)19(23)25-20;3-1-2(4)5/h1-10,21-22H;1H2,(H,4,5). The summed E-state index contributed by atoms with van der Waals surface area (Å²) in [5, 5.41) is 27.3. The van der Waals surface area contributed by atoms with Crippen LogP contribution < -0.4 is 4.74 Å². The van der Waals surface area contributed by atoms with E-state index < -0.39 is 17.5 Å². The van der Waals surface area contributed by atoms with Gasteiger partial charge in [-0.3, -0.25) is 4.79 Å². The third-order valence-electron chi connectivity index (χ3n) is 4.80. The zero-order valence-corrected chi connectivity index (χ0v) is 16.1. The van der Waals surface area contributed by atoms with Gasteiger partial charge in [0, 0.05) is 28.8 Å². The molecule has 30 heavy (non-hydrogen) atoms. The molecule has 0 fully saturated rings. The number of benzene rings is 3. The molecular formula is C22H15ClO7. The Balaban J connectivity index is 0.000000393. The smallest absolute Gasteiger partial charge is 0.340 e. The van der Waals surface area contributed by atoms with Gasteiger partial charge in [0.2, 0.25) is 0 Å². The molecule has 2 heterocycles. The van der Waals surface area contributed by atoms with Crippen LogP contribution in [0.2, 0.25) is 0 Å². The van der Waals surface area contributed by atoms with Gasteiger partial charge in [0.25, 0.3) is 0 Å². The summed E-state index contributed by atoms with van der Waals surface area (Å²) in [4.78, 5) is 21.8. The minimum absolute atomic E-state index is 0.0371. The summed E-state index contributed by atoms with van der Waals surface area (Å²) in [7, 11) is 0. The molecule has 2 aliphatic rings. The number of carbonyl (C=O) groups excluding carboxylic acids is 1. The molecule has 0 saturated carbocycles. The van der Waals surface area contributed by atoms with Crippen molar-refractivity contribution in [2.45, 2.75) is 5.60 Å². The van der Waals surface area contributed by atoms with E-state index in [4.69, 9.17) is 26.2 Å². The predicted octanol–water partition coefficient (Wildman–Crippen LogP) is 3.98. The molecule has 0 saturated heterocycles. The number of carbonyl (C=O) groups is 2. The number of phenols is 2. The number of rotatable bonds is 1. The number of esters is 1. The number of carboxylic acid groups (broad SMARTS) is 1. The molecule has 152 valence electrons. The van der Waals surface area contributed by atoms with E-state index in [2.05, 4.69) is 0 Å². The number of fused-ring (bicyclic) bond motifs is 6. The van der Waals surface area contributed by atoms with E-state index in [1.54, 1.807) is 24.3 Å². The number of hydrogen-bond acceptors (Lipinski definition) is 6. The molecule has 3 aromatic carbocycles. The highest BCUT2D eigenvalue weighted by Crippen LogP contribution is 2.56. The first-order chi connectivity index (χ1) is 14.4. The lowest BCUT2D eigenvalue weighted by Gasteiger charge is -2.36. The van der Waals surface area contributed by atoms with Gasteiger partial charge in [0.1, 0.15) is 28.9 Å². The van der Waals surface area contributed by atoms with Gasteiger partial charge in [-0.1, -0.05) is 18.2 Å². The summed E-state index contributed by atoms with van der Waals surface area (Å²) in [6, 6.07) is 16.6. The lowest BCUT2D eigenvalue weighted by Crippen LogP contribution is -2.32. The van der Waals surface area contributed by atoms with Crippen molar-refractivity contribution >= 4 is 23.5 Å². The number of ether oxygens (including phenoxy) is 2. The average molecular weight is 427 g/mol. The van der Waals surface area contributed by atoms with Crippen molar-refractivity contribution in [3.8, 4) is 23.0 Å². The van der Waals surface area contributed by atoms with E-state index in [1.165, 1.54) is 24.3 Å². The number of phenolic OH excluding ortho intramolecular Hbond substituents is 2. The normalized spacial score (nSPS) is 14.4. The molecule has 0 aliphatic carbocycles. The molecule has 0 radical (unpaired) electrons. The molecule has 7 nitrogen and oxygen atoms in total. The predicted molar refractivity (Wildman–Crippen MR) is 106 cm³/mol. The van der Waals surface area contributed by atoms with Gasteiger partial charge >= 0.3 is 11.9 Å². The molecule has 8 heteroatoms. The first-order valence-corrected chi connectivity index (χ1v) is 9.35. The Morgan fingerprint density at radius 1 is 0.900 bits per heavy atom. The second-order valence-corrected chi connectivity index (χ2v) is 6.87. The molecule has 2 aliphatic heterocycles. The van der Waals surface area contributed by atoms with E-state index in [0.29, 0.717) is 33.8 Å². The Bertz CT molecular complexity index is 1120. The minimum Gasteiger partial charge on any atom is -0.508 e. The zero-order chi connectivity index (χ0) is 21.5. The highest BCUT2D eigenvalue weighted by atomic mass is 35.5. The van der Waals surface area contributed by atoms with E-state index in [1.807, 2.05) is 12.1 Å². The van der Waals surface area contributed by atoms with Crippen LogP contribution in [0.1, 0.15) is 27.0 Å². The maximum atomic E-state index is 12.5. The maximum absolute atomic E-state index is 12.5. The quantitative estimate of drug-likeness (QED) is 0.398. The Labute approximate surface area is 175 Å². The highest BCUT2D eigenvalue weighted by Gasteiger charge is 2.53. The lowest BCUT2D eigenvalue weighted by atomic mass is 9.77. The number of aromatic hydroxyl groups is 2. The van der Waals surface area contributed by atoms with Crippen LogP contribution in [0.4, 0.5) is 0 Å². The van der Waals surface area contributed by atoms with Crippen LogP contribution in [0.25, 0.3) is 0 Å². The van der Waals surface area contributed by atoms with E-state index in [0.717, 1.165) is 0 Å². The Hall–Kier alpha value is -3.71. The van der Waals surface area contributed by atoms with Crippen LogP contribution in [-0.4, -0.2) is 33.1 Å². The van der Waals surface area contributed by atoms with Gasteiger partial charge in [-0.05, 0) is 30.3 Å². The van der Waals surface area contributed by atoms with Crippen LogP contribution >= 0.6 is 11.6 Å². The summed E-state index contributed by atoms with van der Waals surface area (Å²) < 4.78 is 11.8. The number of carboxylic acids is 1. The van der Waals surface area contributed by atoms with E-state index in [9.17, 15) is 19.8 Å². The minimum atomic E-state index is -1.17. The topological polar surface area (TPSA) is 113 Å². The maximum Gasteiger partial charge on any atom is 0.340 e. The third kappa shape index (κ3) is 3.00. The van der Waals surface area contributed by atoms with Gasteiger partial charge in [-0.15, -0.1) is 11.6 Å². The summed E-state index contributed by atoms with van der Waals surface area (Å²) in [6.07, 6.45) is 0. The van der Waals surface area contributed by atoms with Gasteiger partial charge in [-0.2, -0.15) is 0 Å². The molecule has 3 N–H and O–H groups in total. The molecule has 3 aromatic rings. The van der Waals surface area contributed by atoms with Crippen LogP contribution in [0.5, 0.6) is 23.0 Å². The molecule has 0 aromatic heterocycles. The van der Waals surface area contributed by atoms with Gasteiger partial charge in [0.05, 0.1) is 5.56 Å². The molecule has 0 atom stereocenters. The SMILES string of the molecule is O=C(O)CCl.O=C1OC2(c3ccc(O)cc3Oc3cc(O)ccc32)c2ccccc21. The molecule has 1 spiro atoms. The summed E-state index contributed by atoms with van der Waals surface area (Å²) in [5.41, 5.74) is 1.28. The van der Waals surface area contributed by atoms with Gasteiger partial charge in [0.15, 0.2) is 5.60 Å². The fraction of sp³-hybridized carbons (Fsp3) is 0.0909. The van der Waals surface area contributed by atoms with Crippen molar-refractivity contribution in [3.05, 3.63) is 82.9 Å². The van der Waals surface area contributed by atoms with Crippen molar-refractivity contribution in [3.63, 3.8) is 0 Å². The van der Waals surface area contributed by atoms with Gasteiger partial charge < -0.3 is 24.8 Å². The summed E-state index contributed by atoms with van der Waals surface area (Å²) in [6.45, 7) is 0. The monoisotopic (exact) mass is 426 g/mol. The molecule has 5 rings (SSSR count). The van der Waals surface area contributed by atoms with Crippen LogP contribution in [0, 0.1) is 0 Å². The lowest BCUT2D eigenvalue weighted by molar-refractivity contribution is -0.134. The van der Waals surface area contributed by atoms with Gasteiger partial charge in [-0.25, -0.2) is 4.79 Å². The summed E-state index contributed by atoms with van der Waals surface area (Å²) >= 11 is 4.74. The van der Waals surface area contributed by atoms with Crippen LogP contribution in [0.15, 0.2) is 60.7 Å². The molecule has 0 unspecified atom stereocenters. The van der Waals surface area contributed by atoms with Crippen molar-refractivity contribution in [2.75, 3.05) is 5.88 Å². The Morgan fingerprint density at radius 2 is 1.43 bits per heavy atom. The van der Waals surface area contributed by atoms with Crippen molar-refractivity contribution in [1.29, 1.82) is 0 Å². The number of hydrogen-bond donors (Lipinski definition) is 3. The largest absolute Gasteiger partial charge is 0.508 e. The fourth-order valence-electron chi connectivity index (χ4n) is 3.65. The second kappa shape index (κ2) is 7.27. The number of alkyl halides is 1. The fourth-order valence-corrected chi connectivity index (χ4v) is 3.65. The van der Waals surface area contributed by atoms with E-state index in [-0.39, 0.29) is 17.4 Å². The second-order valence-electron chi connectivity index (χ2n) is 6.61. The highest BCUT2D eigenvalue weighted by molar-refractivity contribution is 6.26. The molecular weight excluding hydrogens is 412 g/mol. The van der Waals surface area contributed by atoms with E-state index >= 15 is 0 Å². The summed E-state index contributed by atoms with van der Waals surface area (Å²) in [5.74, 6) is -0.877. The first kappa shape index (κ1) is 19.6. The van der Waals surface area contributed by atoms with Crippen LogP contribution in [0.3, 0.4) is 0 Å².